The molecular weight excluding hydrogens is 192 g/mol. The maximum atomic E-state index is 11.5. The van der Waals surface area contributed by atoms with Crippen molar-refractivity contribution in [3.8, 4) is 0 Å². The third-order valence-corrected chi connectivity index (χ3v) is 2.10. The number of benzene rings is 1. The van der Waals surface area contributed by atoms with Gasteiger partial charge in [-0.15, -0.1) is 0 Å². The van der Waals surface area contributed by atoms with Crippen LogP contribution in [0.4, 0.5) is 0 Å². The molecule has 1 rings (SSSR count). The van der Waals surface area contributed by atoms with Crippen LogP contribution < -0.4 is 0 Å². The van der Waals surface area contributed by atoms with E-state index in [1.54, 1.807) is 38.1 Å². The Kier molecular flexibility index (Phi) is 4.03. The van der Waals surface area contributed by atoms with Crippen molar-refractivity contribution in [3.05, 3.63) is 35.9 Å². The Balaban J connectivity index is 2.61. The summed E-state index contributed by atoms with van der Waals surface area (Å²) in [5.41, 5.74) is 0.466. The van der Waals surface area contributed by atoms with Crippen LogP contribution >= 0.6 is 0 Å². The number of rotatable bonds is 4. The average molecular weight is 206 g/mol. The van der Waals surface area contributed by atoms with Crippen molar-refractivity contribution in [2.24, 2.45) is 0 Å². The summed E-state index contributed by atoms with van der Waals surface area (Å²) in [6.07, 6.45) is -0.286. The molecule has 1 aromatic rings. The van der Waals surface area contributed by atoms with Crippen LogP contribution in [-0.4, -0.2) is 17.9 Å². The largest absolute Gasteiger partial charge is 0.451 e. The molecule has 3 heteroatoms. The number of esters is 1. The number of carbonyl (C=O) groups is 2. The molecular formula is C12H14O3. The van der Waals surface area contributed by atoms with E-state index in [1.807, 2.05) is 6.07 Å². The van der Waals surface area contributed by atoms with E-state index in [0.29, 0.717) is 12.0 Å². The molecule has 0 amide bonds. The van der Waals surface area contributed by atoms with Gasteiger partial charge in [0.15, 0.2) is 11.9 Å². The first-order valence-corrected chi connectivity index (χ1v) is 4.94. The van der Waals surface area contributed by atoms with E-state index in [9.17, 15) is 9.59 Å². The first-order valence-electron chi connectivity index (χ1n) is 4.94. The van der Waals surface area contributed by atoms with Crippen LogP contribution in [0.1, 0.15) is 30.6 Å². The predicted octanol–water partition coefficient (Wildman–Crippen LogP) is 2.21. The van der Waals surface area contributed by atoms with Crippen LogP contribution in [0.5, 0.6) is 0 Å². The minimum absolute atomic E-state index is 0.0701. The van der Waals surface area contributed by atoms with E-state index in [2.05, 4.69) is 0 Å². The second-order valence-corrected chi connectivity index (χ2v) is 3.23. The van der Waals surface area contributed by atoms with E-state index >= 15 is 0 Å². The zero-order valence-electron chi connectivity index (χ0n) is 8.90. The Labute approximate surface area is 89.1 Å². The molecule has 0 radical (unpaired) electrons. The molecule has 80 valence electrons. The number of ketones is 1. The van der Waals surface area contributed by atoms with Crippen molar-refractivity contribution in [1.82, 2.24) is 0 Å². The van der Waals surface area contributed by atoms with Gasteiger partial charge in [0.1, 0.15) is 0 Å². The summed E-state index contributed by atoms with van der Waals surface area (Å²) in [4.78, 5) is 22.7. The third-order valence-electron chi connectivity index (χ3n) is 2.10. The van der Waals surface area contributed by atoms with Gasteiger partial charge in [-0.25, -0.2) is 4.79 Å². The highest BCUT2D eigenvalue weighted by Crippen LogP contribution is 2.05. The van der Waals surface area contributed by atoms with E-state index in [0.717, 1.165) is 0 Å². The normalized spacial score (nSPS) is 11.9. The Bertz CT molecular complexity index is 343. The van der Waals surface area contributed by atoms with Crippen LogP contribution in [0.25, 0.3) is 0 Å². The number of hydrogen-bond donors (Lipinski definition) is 0. The van der Waals surface area contributed by atoms with Crippen LogP contribution in [0.2, 0.25) is 0 Å². The van der Waals surface area contributed by atoms with Gasteiger partial charge in [-0.05, 0) is 19.1 Å². The minimum atomic E-state index is -0.664. The molecule has 0 unspecified atom stereocenters. The van der Waals surface area contributed by atoms with Crippen molar-refractivity contribution >= 4 is 11.8 Å². The molecule has 0 spiro atoms. The highest BCUT2D eigenvalue weighted by Gasteiger charge is 2.16. The smallest absolute Gasteiger partial charge is 0.338 e. The second kappa shape index (κ2) is 5.29. The fourth-order valence-corrected chi connectivity index (χ4v) is 1.16. The number of hydrogen-bond acceptors (Lipinski definition) is 3. The summed E-state index contributed by atoms with van der Waals surface area (Å²) in [6.45, 7) is 3.34. The lowest BCUT2D eigenvalue weighted by Crippen LogP contribution is -2.23. The SMILES string of the molecule is CCC(=O)[C@@H](C)OC(=O)c1ccccc1. The van der Waals surface area contributed by atoms with Gasteiger partial charge in [-0.2, -0.15) is 0 Å². The molecule has 0 heterocycles. The van der Waals surface area contributed by atoms with Crippen molar-refractivity contribution in [2.75, 3.05) is 0 Å². The lowest BCUT2D eigenvalue weighted by Gasteiger charge is -2.10. The molecule has 15 heavy (non-hydrogen) atoms. The van der Waals surface area contributed by atoms with Crippen molar-refractivity contribution in [1.29, 1.82) is 0 Å². The van der Waals surface area contributed by atoms with E-state index in [-0.39, 0.29) is 5.78 Å². The minimum Gasteiger partial charge on any atom is -0.451 e. The van der Waals surface area contributed by atoms with Gasteiger partial charge in [0.25, 0.3) is 0 Å². The molecule has 0 N–H and O–H groups in total. The molecule has 0 aliphatic rings. The molecule has 0 bridgehead atoms. The molecule has 1 atom stereocenters. The highest BCUT2D eigenvalue weighted by molar-refractivity contribution is 5.92. The first kappa shape index (κ1) is 11.4. The van der Waals surface area contributed by atoms with Crippen LogP contribution in [0.15, 0.2) is 30.3 Å². The van der Waals surface area contributed by atoms with Gasteiger partial charge in [-0.3, -0.25) is 4.79 Å². The average Bonchev–Trinajstić information content (AvgIpc) is 2.29. The van der Waals surface area contributed by atoms with Gasteiger partial charge >= 0.3 is 5.97 Å². The summed E-state index contributed by atoms with van der Waals surface area (Å²) in [5, 5.41) is 0. The predicted molar refractivity (Wildman–Crippen MR) is 56.6 cm³/mol. The third kappa shape index (κ3) is 3.20. The Hall–Kier alpha value is -1.64. The maximum Gasteiger partial charge on any atom is 0.338 e. The monoisotopic (exact) mass is 206 g/mol. The van der Waals surface area contributed by atoms with Gasteiger partial charge < -0.3 is 4.74 Å². The molecule has 0 aliphatic heterocycles. The molecule has 0 saturated carbocycles. The van der Waals surface area contributed by atoms with E-state index in [4.69, 9.17) is 4.74 Å². The van der Waals surface area contributed by atoms with E-state index in [1.165, 1.54) is 0 Å². The van der Waals surface area contributed by atoms with Crippen molar-refractivity contribution < 1.29 is 14.3 Å². The Morgan fingerprint density at radius 1 is 1.27 bits per heavy atom. The molecule has 3 nitrogen and oxygen atoms in total. The lowest BCUT2D eigenvalue weighted by atomic mass is 10.2. The summed E-state index contributed by atoms with van der Waals surface area (Å²) in [5.74, 6) is -0.524. The molecule has 0 saturated heterocycles. The Morgan fingerprint density at radius 2 is 1.87 bits per heavy atom. The van der Waals surface area contributed by atoms with Gasteiger partial charge in [0.05, 0.1) is 5.56 Å². The molecule has 0 aromatic heterocycles. The Morgan fingerprint density at radius 3 is 2.40 bits per heavy atom. The number of carbonyl (C=O) groups excluding carboxylic acids is 2. The molecule has 0 aliphatic carbocycles. The number of ether oxygens (including phenoxy) is 1. The fourth-order valence-electron chi connectivity index (χ4n) is 1.16. The van der Waals surface area contributed by atoms with Gasteiger partial charge in [0, 0.05) is 6.42 Å². The topological polar surface area (TPSA) is 43.4 Å². The summed E-state index contributed by atoms with van der Waals surface area (Å²) < 4.78 is 5.00. The number of Topliss-reactive ketones (excluding diaryl/α,β-unsaturated/α-hetero) is 1. The van der Waals surface area contributed by atoms with Gasteiger partial charge in [-0.1, -0.05) is 25.1 Å². The standard InChI is InChI=1S/C12H14O3/c1-3-11(13)9(2)15-12(14)10-7-5-4-6-8-10/h4-9H,3H2,1-2H3/t9-/m1/s1. The fraction of sp³-hybridized carbons (Fsp3) is 0.333. The summed E-state index contributed by atoms with van der Waals surface area (Å²) >= 11 is 0. The summed E-state index contributed by atoms with van der Waals surface area (Å²) in [6, 6.07) is 8.64. The highest BCUT2D eigenvalue weighted by atomic mass is 16.5. The lowest BCUT2D eigenvalue weighted by molar-refractivity contribution is -0.126. The zero-order chi connectivity index (χ0) is 11.3. The summed E-state index contributed by atoms with van der Waals surface area (Å²) in [7, 11) is 0. The molecule has 0 fully saturated rings. The van der Waals surface area contributed by atoms with Crippen LogP contribution in [0, 0.1) is 0 Å². The van der Waals surface area contributed by atoms with Gasteiger partial charge in [0.2, 0.25) is 0 Å². The van der Waals surface area contributed by atoms with Crippen molar-refractivity contribution in [3.63, 3.8) is 0 Å². The van der Waals surface area contributed by atoms with Crippen LogP contribution in [0.3, 0.4) is 0 Å². The molecule has 1 aromatic carbocycles. The van der Waals surface area contributed by atoms with Crippen LogP contribution in [-0.2, 0) is 9.53 Å². The first-order chi connectivity index (χ1) is 7.15. The maximum absolute atomic E-state index is 11.5. The van der Waals surface area contributed by atoms with Crippen molar-refractivity contribution in [2.45, 2.75) is 26.4 Å². The quantitative estimate of drug-likeness (QED) is 0.709. The second-order valence-electron chi connectivity index (χ2n) is 3.23. The zero-order valence-corrected chi connectivity index (χ0v) is 8.90. The van der Waals surface area contributed by atoms with E-state index < -0.39 is 12.1 Å².